The average molecular weight is 1110 g/mol. The van der Waals surface area contributed by atoms with Gasteiger partial charge in [0.05, 0.1) is 59.6 Å². The van der Waals surface area contributed by atoms with Crippen molar-refractivity contribution in [2.45, 2.75) is 50.6 Å². The Morgan fingerprint density at radius 3 is 1.21 bits per heavy atom. The summed E-state index contributed by atoms with van der Waals surface area (Å²) in [6.07, 6.45) is 9.18. The summed E-state index contributed by atoms with van der Waals surface area (Å²) in [7, 11) is 13.1. The highest BCUT2D eigenvalue weighted by atomic mass is 35.5. The number of halogens is 4. The number of fused-ring (bicyclic) bond motifs is 2. The van der Waals surface area contributed by atoms with E-state index in [0.29, 0.717) is 116 Å². The molecule has 6 atom stereocenters. The van der Waals surface area contributed by atoms with Gasteiger partial charge >= 0.3 is 0 Å². The monoisotopic (exact) mass is 1110 g/mol. The Labute approximate surface area is 462 Å². The van der Waals surface area contributed by atoms with Crippen LogP contribution in [-0.2, 0) is 19.2 Å². The van der Waals surface area contributed by atoms with E-state index in [1.807, 2.05) is 36.4 Å². The molecule has 0 saturated heterocycles. The first-order valence-electron chi connectivity index (χ1n) is 24.3. The molecule has 16 nitrogen and oxygen atoms in total. The fourth-order valence-electron chi connectivity index (χ4n) is 10.00. The fourth-order valence-corrected chi connectivity index (χ4v) is 11.4. The van der Waals surface area contributed by atoms with Crippen molar-refractivity contribution in [2.24, 2.45) is 23.7 Å². The Morgan fingerprint density at radius 1 is 0.566 bits per heavy atom. The van der Waals surface area contributed by atoms with E-state index in [2.05, 4.69) is 43.7 Å². The maximum Gasteiger partial charge on any atom is 0.225 e. The lowest BCUT2D eigenvalue weighted by molar-refractivity contribution is -0.133. The number of ether oxygens (including phenoxy) is 4. The quantitative estimate of drug-likeness (QED) is 0.0774. The first-order valence-corrected chi connectivity index (χ1v) is 25.8. The van der Waals surface area contributed by atoms with Gasteiger partial charge in [0, 0.05) is 111 Å². The molecule has 2 N–H and O–H groups in total. The highest BCUT2D eigenvalue weighted by Gasteiger charge is 2.41. The van der Waals surface area contributed by atoms with Crippen LogP contribution in [0.4, 0.5) is 11.9 Å². The lowest BCUT2D eigenvalue weighted by Crippen LogP contribution is -2.29. The molecule has 0 radical (unpaired) electrons. The van der Waals surface area contributed by atoms with Crippen LogP contribution in [0, 0.1) is 23.7 Å². The van der Waals surface area contributed by atoms with Gasteiger partial charge in [-0.2, -0.15) is 0 Å². The van der Waals surface area contributed by atoms with E-state index >= 15 is 0 Å². The Kier molecular flexibility index (Phi) is 18.7. The van der Waals surface area contributed by atoms with Gasteiger partial charge in [-0.15, -0.1) is 0 Å². The number of amides is 2. The van der Waals surface area contributed by atoms with Gasteiger partial charge < -0.3 is 39.4 Å². The van der Waals surface area contributed by atoms with Crippen LogP contribution in [0.1, 0.15) is 38.5 Å². The number of benzene rings is 4. The second kappa shape index (κ2) is 25.0. The second-order valence-corrected chi connectivity index (χ2v) is 20.6. The summed E-state index contributed by atoms with van der Waals surface area (Å²) >= 11 is 26.4. The number of nitrogens with zero attached hydrogens (tertiary/aromatic N) is 6. The SMILES string of the molecule is C=CC(=O)CC1C[C@@H](C(=O)N(C)C)CC1Nc1ncc2cc(-c3c(Cl)c(OC)cc(OC)c3Cl)ccc2n1.C=CC(=O)CC1C[C@H](C(=O)N(C)C)CC1Nc1ncc2cc(-c3c(Cl)c(OC)cc(OC)c3Cl)ccc2n1. The van der Waals surface area contributed by atoms with Gasteiger partial charge in [0.2, 0.25) is 23.7 Å². The van der Waals surface area contributed by atoms with Gasteiger partial charge in [-0.3, -0.25) is 19.2 Å². The van der Waals surface area contributed by atoms with Gasteiger partial charge in [-0.25, -0.2) is 19.9 Å². The summed E-state index contributed by atoms with van der Waals surface area (Å²) in [6, 6.07) is 14.3. The third-order valence-electron chi connectivity index (χ3n) is 13.9. The number of aromatic nitrogens is 4. The molecule has 0 bridgehead atoms. The summed E-state index contributed by atoms with van der Waals surface area (Å²) < 4.78 is 21.6. The number of rotatable bonds is 18. The maximum absolute atomic E-state index is 12.6. The van der Waals surface area contributed by atoms with Gasteiger partial charge in [0.25, 0.3) is 0 Å². The topological polar surface area (TPSA) is 187 Å². The van der Waals surface area contributed by atoms with Crippen molar-refractivity contribution in [1.82, 2.24) is 29.7 Å². The molecule has 400 valence electrons. The average Bonchev–Trinajstić information content (AvgIpc) is 4.01. The Bertz CT molecular complexity index is 2940. The van der Waals surface area contributed by atoms with Crippen molar-refractivity contribution in [3.8, 4) is 45.3 Å². The normalized spacial score (nSPS) is 18.7. The third kappa shape index (κ3) is 12.6. The molecular formula is C56H60Cl4N8O8. The standard InChI is InChI=1S/2C28H30Cl2N4O4/c2*1-6-19(35)11-16-10-17(27(36)34(2)3)12-21(16)33-28-31-14-18-9-15(7-8-20(18)32-28)24-25(29)22(37-4)13-23(38-5)26(24)30/h2*6-9,13-14,16-17,21H,1,10-12H2,2-5H3,(H,31,32,33)/t2*16?,17-,21?/m10/s1. The van der Waals surface area contributed by atoms with E-state index in [-0.39, 0.29) is 59.1 Å². The largest absolute Gasteiger partial charge is 0.495 e. The zero-order valence-electron chi connectivity index (χ0n) is 43.5. The zero-order chi connectivity index (χ0) is 55.1. The van der Waals surface area contributed by atoms with Crippen LogP contribution in [0.2, 0.25) is 20.1 Å². The summed E-state index contributed by atoms with van der Waals surface area (Å²) in [5, 5.41) is 9.82. The van der Waals surface area contributed by atoms with Crippen LogP contribution in [0.15, 0.2) is 86.2 Å². The van der Waals surface area contributed by atoms with E-state index in [9.17, 15) is 19.2 Å². The number of allylic oxidation sites excluding steroid dienone is 2. The summed E-state index contributed by atoms with van der Waals surface area (Å²) in [4.78, 5) is 71.1. The predicted octanol–water partition coefficient (Wildman–Crippen LogP) is 11.3. The van der Waals surface area contributed by atoms with Crippen molar-refractivity contribution in [2.75, 3.05) is 67.3 Å². The van der Waals surface area contributed by atoms with Crippen LogP contribution < -0.4 is 29.6 Å². The van der Waals surface area contributed by atoms with Gasteiger partial charge in [-0.1, -0.05) is 71.7 Å². The molecule has 4 aromatic carbocycles. The van der Waals surface area contributed by atoms with E-state index < -0.39 is 0 Å². The lowest BCUT2D eigenvalue weighted by Gasteiger charge is -2.20. The summed E-state index contributed by atoms with van der Waals surface area (Å²) in [5.41, 5.74) is 4.13. The van der Waals surface area contributed by atoms with Crippen molar-refractivity contribution in [1.29, 1.82) is 0 Å². The van der Waals surface area contributed by atoms with Crippen molar-refractivity contribution in [3.63, 3.8) is 0 Å². The molecule has 2 aliphatic rings. The molecule has 2 aliphatic carbocycles. The van der Waals surface area contributed by atoms with E-state index in [4.69, 9.17) is 65.4 Å². The fraction of sp³-hybridized carbons (Fsp3) is 0.357. The smallest absolute Gasteiger partial charge is 0.225 e. The molecule has 2 saturated carbocycles. The molecular weight excluding hydrogens is 1050 g/mol. The third-order valence-corrected chi connectivity index (χ3v) is 15.4. The molecule has 4 unspecified atom stereocenters. The molecule has 76 heavy (non-hydrogen) atoms. The first kappa shape index (κ1) is 57.0. The predicted molar refractivity (Wildman–Crippen MR) is 300 cm³/mol. The molecule has 2 amide bonds. The lowest BCUT2D eigenvalue weighted by atomic mass is 9.96. The molecule has 2 fully saturated rings. The van der Waals surface area contributed by atoms with Crippen molar-refractivity contribution < 1.29 is 38.1 Å². The highest BCUT2D eigenvalue weighted by molar-refractivity contribution is 6.42. The summed E-state index contributed by atoms with van der Waals surface area (Å²) in [6.45, 7) is 7.17. The molecule has 8 rings (SSSR count). The molecule has 0 aliphatic heterocycles. The molecule has 6 aromatic rings. The maximum atomic E-state index is 12.6. The van der Waals surface area contributed by atoms with E-state index in [1.165, 1.54) is 40.6 Å². The second-order valence-electron chi connectivity index (χ2n) is 19.1. The Balaban J connectivity index is 0.000000221. The Morgan fingerprint density at radius 2 is 0.908 bits per heavy atom. The van der Waals surface area contributed by atoms with Gasteiger partial charge in [0.15, 0.2) is 11.6 Å². The Hall–Kier alpha value is -6.72. The number of carbonyl (C=O) groups excluding carboxylic acids is 4. The molecule has 2 aromatic heterocycles. The highest BCUT2D eigenvalue weighted by Crippen LogP contribution is 2.48. The van der Waals surface area contributed by atoms with Crippen molar-refractivity contribution >= 4 is 103 Å². The van der Waals surface area contributed by atoms with Crippen LogP contribution in [0.5, 0.6) is 23.0 Å². The number of nitrogens with one attached hydrogen (secondary N) is 2. The summed E-state index contributed by atoms with van der Waals surface area (Å²) in [5.74, 6) is 2.32. The van der Waals surface area contributed by atoms with Crippen molar-refractivity contribution in [3.05, 3.63) is 106 Å². The van der Waals surface area contributed by atoms with Crippen LogP contribution in [0.25, 0.3) is 44.1 Å². The number of ketones is 2. The molecule has 20 heteroatoms. The number of methoxy groups -OCH3 is 4. The number of carbonyl (C=O) groups is 4. The van der Waals surface area contributed by atoms with E-state index in [0.717, 1.165) is 21.9 Å². The number of hydrogen-bond acceptors (Lipinski definition) is 14. The number of anilines is 2. The van der Waals surface area contributed by atoms with Gasteiger partial charge in [0.1, 0.15) is 23.0 Å². The minimum Gasteiger partial charge on any atom is -0.495 e. The molecule has 0 spiro atoms. The zero-order valence-corrected chi connectivity index (χ0v) is 46.5. The van der Waals surface area contributed by atoms with Gasteiger partial charge in [-0.05, 0) is 85.1 Å². The minimum absolute atomic E-state index is 0.0246. The molecule has 2 heterocycles. The minimum atomic E-state index is -0.164. The van der Waals surface area contributed by atoms with Crippen LogP contribution >= 0.6 is 46.4 Å². The number of hydrogen-bond donors (Lipinski definition) is 2. The first-order chi connectivity index (χ1) is 36.3. The van der Waals surface area contributed by atoms with Crippen LogP contribution in [-0.4, -0.2) is 122 Å². The van der Waals surface area contributed by atoms with E-state index in [1.54, 1.807) is 62.5 Å². The van der Waals surface area contributed by atoms with Crippen LogP contribution in [0.3, 0.4) is 0 Å².